The quantitative estimate of drug-likeness (QED) is 0.573. The van der Waals surface area contributed by atoms with Gasteiger partial charge in [0.1, 0.15) is 11.6 Å². The Morgan fingerprint density at radius 1 is 1.62 bits per heavy atom. The van der Waals surface area contributed by atoms with Gasteiger partial charge in [0.05, 0.1) is 5.84 Å². The molecule has 1 aliphatic rings. The van der Waals surface area contributed by atoms with Crippen LogP contribution in [0.5, 0.6) is 0 Å². The van der Waals surface area contributed by atoms with Crippen LogP contribution in [0.4, 0.5) is 5.82 Å². The molecule has 5 heteroatoms. The van der Waals surface area contributed by atoms with Crippen LogP contribution in [0.1, 0.15) is 18.7 Å². The van der Waals surface area contributed by atoms with Gasteiger partial charge in [-0.2, -0.15) is 0 Å². The van der Waals surface area contributed by atoms with Gasteiger partial charge in [-0.25, -0.2) is 9.97 Å². The fourth-order valence-electron chi connectivity index (χ4n) is 2.06. The molecule has 1 saturated heterocycles. The van der Waals surface area contributed by atoms with Crippen LogP contribution in [0.25, 0.3) is 0 Å². The summed E-state index contributed by atoms with van der Waals surface area (Å²) in [5.74, 6) is 2.18. The monoisotopic (exact) mass is 219 g/mol. The lowest BCUT2D eigenvalue weighted by Crippen LogP contribution is -2.41. The van der Waals surface area contributed by atoms with E-state index in [0.29, 0.717) is 0 Å². The number of piperidine rings is 1. The minimum Gasteiger partial charge on any atom is -0.387 e. The number of nitrogens with two attached hydrogens (primary N) is 1. The SMILES string of the molecule is Cc1nccc(N2CCCC(C(=N)N)C2)n1. The fraction of sp³-hybridized carbons (Fsp3) is 0.545. The van der Waals surface area contributed by atoms with Crippen LogP contribution in [0, 0.1) is 18.3 Å². The molecule has 1 aromatic heterocycles. The minimum atomic E-state index is 0.170. The molecule has 2 rings (SSSR count). The minimum absolute atomic E-state index is 0.170. The molecular formula is C11H17N5. The largest absolute Gasteiger partial charge is 0.387 e. The Hall–Kier alpha value is -1.65. The number of hydrogen-bond acceptors (Lipinski definition) is 4. The van der Waals surface area contributed by atoms with Gasteiger partial charge >= 0.3 is 0 Å². The van der Waals surface area contributed by atoms with Gasteiger partial charge in [0.25, 0.3) is 0 Å². The standard InChI is InChI=1S/C11H17N5/c1-8-14-5-4-10(15-8)16-6-2-3-9(7-16)11(12)13/h4-5,9H,2-3,6-7H2,1H3,(H3,12,13). The predicted octanol–water partition coefficient (Wildman–Crippen LogP) is 0.937. The molecule has 3 N–H and O–H groups in total. The number of rotatable bonds is 2. The number of anilines is 1. The summed E-state index contributed by atoms with van der Waals surface area (Å²) in [6.45, 7) is 3.67. The average molecular weight is 219 g/mol. The van der Waals surface area contributed by atoms with Crippen molar-refractivity contribution in [2.75, 3.05) is 18.0 Å². The third kappa shape index (κ3) is 2.29. The Morgan fingerprint density at radius 3 is 3.12 bits per heavy atom. The van der Waals surface area contributed by atoms with Gasteiger partial charge in [-0.05, 0) is 25.8 Å². The van der Waals surface area contributed by atoms with Crippen LogP contribution in [0.2, 0.25) is 0 Å². The molecule has 5 nitrogen and oxygen atoms in total. The molecule has 0 bridgehead atoms. The molecule has 0 radical (unpaired) electrons. The molecule has 0 aliphatic carbocycles. The highest BCUT2D eigenvalue weighted by atomic mass is 15.2. The van der Waals surface area contributed by atoms with Crippen LogP contribution in [0.3, 0.4) is 0 Å². The second-order valence-electron chi connectivity index (χ2n) is 4.20. The molecule has 86 valence electrons. The van der Waals surface area contributed by atoms with Crippen LogP contribution < -0.4 is 10.6 Å². The Kier molecular flexibility index (Phi) is 3.03. The first-order valence-corrected chi connectivity index (χ1v) is 5.55. The number of nitrogens with one attached hydrogen (secondary N) is 1. The molecule has 0 amide bonds. The number of nitrogens with zero attached hydrogens (tertiary/aromatic N) is 3. The highest BCUT2D eigenvalue weighted by Crippen LogP contribution is 2.21. The molecule has 0 spiro atoms. The average Bonchev–Trinajstić information content (AvgIpc) is 2.29. The summed E-state index contributed by atoms with van der Waals surface area (Å²) in [4.78, 5) is 10.7. The molecule has 1 fully saturated rings. The molecule has 0 aromatic carbocycles. The number of aryl methyl sites for hydroxylation is 1. The Morgan fingerprint density at radius 2 is 2.44 bits per heavy atom. The maximum atomic E-state index is 7.50. The van der Waals surface area contributed by atoms with Crippen molar-refractivity contribution < 1.29 is 0 Å². The number of aromatic nitrogens is 2. The van der Waals surface area contributed by atoms with Crippen LogP contribution in [-0.4, -0.2) is 28.9 Å². The fourth-order valence-corrected chi connectivity index (χ4v) is 2.06. The molecule has 0 saturated carbocycles. The van der Waals surface area contributed by atoms with Crippen LogP contribution >= 0.6 is 0 Å². The van der Waals surface area contributed by atoms with Gasteiger partial charge in [-0.1, -0.05) is 0 Å². The van der Waals surface area contributed by atoms with Crippen LogP contribution in [-0.2, 0) is 0 Å². The lowest BCUT2D eigenvalue weighted by molar-refractivity contribution is 0.499. The van der Waals surface area contributed by atoms with Crippen molar-refractivity contribution >= 4 is 11.7 Å². The zero-order chi connectivity index (χ0) is 11.5. The summed E-state index contributed by atoms with van der Waals surface area (Å²) in [6, 6.07) is 1.91. The van der Waals surface area contributed by atoms with E-state index in [-0.39, 0.29) is 11.8 Å². The molecule has 2 heterocycles. The van der Waals surface area contributed by atoms with E-state index < -0.39 is 0 Å². The first-order valence-electron chi connectivity index (χ1n) is 5.55. The molecule has 16 heavy (non-hydrogen) atoms. The van der Waals surface area contributed by atoms with Crippen LogP contribution in [0.15, 0.2) is 12.3 Å². The maximum absolute atomic E-state index is 7.50. The Bertz CT molecular complexity index is 390. The van der Waals surface area contributed by atoms with Crippen molar-refractivity contribution in [3.63, 3.8) is 0 Å². The van der Waals surface area contributed by atoms with Gasteiger partial charge in [0.2, 0.25) is 0 Å². The predicted molar refractivity (Wildman–Crippen MR) is 63.6 cm³/mol. The zero-order valence-electron chi connectivity index (χ0n) is 9.48. The van der Waals surface area contributed by atoms with Gasteiger partial charge in [-0.15, -0.1) is 0 Å². The van der Waals surface area contributed by atoms with Crippen molar-refractivity contribution in [1.29, 1.82) is 5.41 Å². The third-order valence-electron chi connectivity index (χ3n) is 2.95. The highest BCUT2D eigenvalue weighted by Gasteiger charge is 2.22. The second-order valence-corrected chi connectivity index (χ2v) is 4.20. The summed E-state index contributed by atoms with van der Waals surface area (Å²) in [5, 5.41) is 7.50. The molecular weight excluding hydrogens is 202 g/mol. The molecule has 1 aliphatic heterocycles. The van der Waals surface area contributed by atoms with Crippen molar-refractivity contribution in [2.45, 2.75) is 19.8 Å². The molecule has 1 aromatic rings. The van der Waals surface area contributed by atoms with E-state index in [2.05, 4.69) is 14.9 Å². The maximum Gasteiger partial charge on any atom is 0.132 e. The lowest BCUT2D eigenvalue weighted by atomic mass is 9.97. The summed E-state index contributed by atoms with van der Waals surface area (Å²) in [7, 11) is 0. The van der Waals surface area contributed by atoms with E-state index >= 15 is 0 Å². The van der Waals surface area contributed by atoms with Gasteiger partial charge in [0.15, 0.2) is 0 Å². The van der Waals surface area contributed by atoms with Gasteiger partial charge in [-0.3, -0.25) is 5.41 Å². The normalized spacial score (nSPS) is 20.8. The van der Waals surface area contributed by atoms with E-state index in [1.54, 1.807) is 6.20 Å². The molecule has 1 unspecified atom stereocenters. The zero-order valence-corrected chi connectivity index (χ0v) is 9.48. The van der Waals surface area contributed by atoms with E-state index in [0.717, 1.165) is 37.6 Å². The third-order valence-corrected chi connectivity index (χ3v) is 2.95. The summed E-state index contributed by atoms with van der Waals surface area (Å²) in [5.41, 5.74) is 5.56. The van der Waals surface area contributed by atoms with E-state index in [9.17, 15) is 0 Å². The Labute approximate surface area is 95.2 Å². The van der Waals surface area contributed by atoms with Crippen molar-refractivity contribution in [1.82, 2.24) is 9.97 Å². The van der Waals surface area contributed by atoms with E-state index in [1.807, 2.05) is 13.0 Å². The number of amidine groups is 1. The summed E-state index contributed by atoms with van der Waals surface area (Å²) < 4.78 is 0. The van der Waals surface area contributed by atoms with Crippen molar-refractivity contribution in [3.05, 3.63) is 18.1 Å². The smallest absolute Gasteiger partial charge is 0.132 e. The van der Waals surface area contributed by atoms with Gasteiger partial charge in [0, 0.05) is 25.2 Å². The summed E-state index contributed by atoms with van der Waals surface area (Å²) in [6.07, 6.45) is 3.85. The molecule has 1 atom stereocenters. The first-order chi connectivity index (χ1) is 7.66. The van der Waals surface area contributed by atoms with Gasteiger partial charge < -0.3 is 10.6 Å². The highest BCUT2D eigenvalue weighted by molar-refractivity contribution is 5.80. The van der Waals surface area contributed by atoms with Crippen molar-refractivity contribution in [2.24, 2.45) is 11.7 Å². The lowest BCUT2D eigenvalue weighted by Gasteiger charge is -2.32. The van der Waals surface area contributed by atoms with Crippen molar-refractivity contribution in [3.8, 4) is 0 Å². The second kappa shape index (κ2) is 4.47. The summed E-state index contributed by atoms with van der Waals surface area (Å²) >= 11 is 0. The number of hydrogen-bond donors (Lipinski definition) is 2. The van der Waals surface area contributed by atoms with E-state index in [4.69, 9.17) is 11.1 Å². The van der Waals surface area contributed by atoms with E-state index in [1.165, 1.54) is 0 Å². The Balaban J connectivity index is 2.12. The first kappa shape index (κ1) is 10.9. The topological polar surface area (TPSA) is 78.9 Å².